The summed E-state index contributed by atoms with van der Waals surface area (Å²) in [6, 6.07) is 6.40. The maximum absolute atomic E-state index is 9.67. The van der Waals surface area contributed by atoms with E-state index in [9.17, 15) is 10.2 Å². The summed E-state index contributed by atoms with van der Waals surface area (Å²) in [5.41, 5.74) is 9.66. The van der Waals surface area contributed by atoms with Gasteiger partial charge in [-0.3, -0.25) is 4.90 Å². The molecule has 2 heterocycles. The second-order valence-electron chi connectivity index (χ2n) is 13.3. The van der Waals surface area contributed by atoms with E-state index in [4.69, 9.17) is 15.3 Å². The number of fused-ring (bicyclic) bond motifs is 1. The largest absolute Gasteiger partial charge is 0.394 e. The fourth-order valence-electron chi connectivity index (χ4n) is 9.23. The Balaban J connectivity index is 1.13. The molecule has 0 saturated heterocycles. The first kappa shape index (κ1) is 25.6. The van der Waals surface area contributed by atoms with Gasteiger partial charge in [0.2, 0.25) is 0 Å². The third-order valence-corrected chi connectivity index (χ3v) is 10.8. The smallest absolute Gasteiger partial charge is 0.195 e. The Hall–Kier alpha value is -2.39. The number of allylic oxidation sites excluding steroid dienone is 2. The number of methoxy groups -OCH3 is 1. The highest BCUT2D eigenvalue weighted by molar-refractivity contribution is 6.00. The molecule has 1 atom stereocenters. The first-order valence-electron chi connectivity index (χ1n) is 14.7. The minimum absolute atomic E-state index is 0.225. The summed E-state index contributed by atoms with van der Waals surface area (Å²) < 4.78 is 6.54. The summed E-state index contributed by atoms with van der Waals surface area (Å²) in [5, 5.41) is 23.8. The molecule has 1 unspecified atom stereocenters. The molecule has 0 radical (unpaired) electrons. The summed E-state index contributed by atoms with van der Waals surface area (Å²) in [4.78, 5) is 10.1. The number of nitrogens with zero attached hydrogens (tertiary/aromatic N) is 3. The lowest BCUT2D eigenvalue weighted by Crippen LogP contribution is -2.59. The van der Waals surface area contributed by atoms with Gasteiger partial charge in [0.05, 0.1) is 24.4 Å². The molecule has 4 fully saturated rings. The zero-order chi connectivity index (χ0) is 26.8. The van der Waals surface area contributed by atoms with Crippen LogP contribution in [0, 0.1) is 23.2 Å². The third kappa shape index (κ3) is 4.05. The second kappa shape index (κ2) is 9.33. The van der Waals surface area contributed by atoms with Crippen LogP contribution in [0.25, 0.3) is 0 Å². The van der Waals surface area contributed by atoms with Crippen molar-refractivity contribution in [1.29, 1.82) is 0 Å². The highest BCUT2D eigenvalue weighted by atomic mass is 16.7. The minimum Gasteiger partial charge on any atom is -0.394 e. The fourth-order valence-corrected chi connectivity index (χ4v) is 9.23. The number of hydrogen-bond acceptors (Lipinski definition) is 8. The maximum Gasteiger partial charge on any atom is 0.195 e. The Bertz CT molecular complexity index is 1190. The summed E-state index contributed by atoms with van der Waals surface area (Å²) >= 11 is 0. The molecule has 8 nitrogen and oxygen atoms in total. The van der Waals surface area contributed by atoms with Crippen molar-refractivity contribution >= 4 is 11.5 Å². The van der Waals surface area contributed by atoms with Crippen molar-refractivity contribution in [2.45, 2.75) is 62.5 Å². The molecule has 4 saturated carbocycles. The van der Waals surface area contributed by atoms with Crippen molar-refractivity contribution in [3.05, 3.63) is 53.3 Å². The molecule has 7 aliphatic rings. The molecule has 2 aliphatic heterocycles. The van der Waals surface area contributed by atoms with Crippen LogP contribution in [0.5, 0.6) is 0 Å². The second-order valence-corrected chi connectivity index (χ2v) is 13.3. The van der Waals surface area contributed by atoms with Crippen LogP contribution in [0.4, 0.5) is 5.69 Å². The molecule has 0 amide bonds. The molecule has 8 rings (SSSR count). The number of nitrogens with two attached hydrogens (primary N) is 1. The van der Waals surface area contributed by atoms with Gasteiger partial charge in [0.25, 0.3) is 0 Å². The average molecular weight is 535 g/mol. The number of ether oxygens (including phenoxy) is 1. The average Bonchev–Trinajstić information content (AvgIpc) is 3.59. The fraction of sp³-hybridized carbons (Fsp3) is 0.645. The molecular formula is C31H42N4O4. The summed E-state index contributed by atoms with van der Waals surface area (Å²) in [6.07, 6.45) is 16.6. The van der Waals surface area contributed by atoms with Gasteiger partial charge in [-0.05, 0) is 92.5 Å². The molecule has 5 aliphatic carbocycles. The lowest BCUT2D eigenvalue weighted by Gasteiger charge is -2.63. The molecule has 8 heteroatoms. The maximum atomic E-state index is 9.67. The molecule has 0 spiro atoms. The Morgan fingerprint density at radius 1 is 1.13 bits per heavy atom. The zero-order valence-corrected chi connectivity index (χ0v) is 23.0. The van der Waals surface area contributed by atoms with Crippen LogP contribution in [0.1, 0.15) is 56.1 Å². The normalized spacial score (nSPS) is 34.8. The molecule has 4 N–H and O–H groups in total. The van der Waals surface area contributed by atoms with E-state index in [0.29, 0.717) is 13.3 Å². The number of amidine groups is 1. The van der Waals surface area contributed by atoms with E-state index >= 15 is 0 Å². The Morgan fingerprint density at radius 3 is 2.51 bits per heavy atom. The van der Waals surface area contributed by atoms with Crippen molar-refractivity contribution < 1.29 is 19.8 Å². The van der Waals surface area contributed by atoms with Crippen molar-refractivity contribution in [2.75, 3.05) is 45.0 Å². The predicted molar refractivity (Wildman–Crippen MR) is 150 cm³/mol. The number of hydrogen-bond donors (Lipinski definition) is 3. The van der Waals surface area contributed by atoms with E-state index in [1.54, 1.807) is 0 Å². The van der Waals surface area contributed by atoms with Crippen molar-refractivity contribution in [1.82, 2.24) is 4.90 Å². The van der Waals surface area contributed by atoms with Gasteiger partial charge in [0.15, 0.2) is 12.6 Å². The molecule has 0 aromatic heterocycles. The van der Waals surface area contributed by atoms with Gasteiger partial charge < -0.3 is 30.4 Å². The van der Waals surface area contributed by atoms with Crippen LogP contribution in [-0.2, 0) is 16.0 Å². The summed E-state index contributed by atoms with van der Waals surface area (Å²) in [5.74, 6) is 3.43. The molecule has 4 bridgehead atoms. The van der Waals surface area contributed by atoms with Gasteiger partial charge in [-0.1, -0.05) is 17.3 Å². The highest BCUT2D eigenvalue weighted by Crippen LogP contribution is 2.66. The molecular weight excluding hydrogens is 492 g/mol. The van der Waals surface area contributed by atoms with Gasteiger partial charge in [0, 0.05) is 49.0 Å². The van der Waals surface area contributed by atoms with Gasteiger partial charge >= 0.3 is 0 Å². The van der Waals surface area contributed by atoms with Gasteiger partial charge in [-0.15, -0.1) is 0 Å². The van der Waals surface area contributed by atoms with Gasteiger partial charge in [0.1, 0.15) is 0 Å². The quantitative estimate of drug-likeness (QED) is 0.471. The van der Waals surface area contributed by atoms with Gasteiger partial charge in [-0.2, -0.15) is 0 Å². The van der Waals surface area contributed by atoms with Crippen molar-refractivity contribution in [3.63, 3.8) is 0 Å². The lowest BCUT2D eigenvalue weighted by atomic mass is 9.44. The predicted octanol–water partition coefficient (Wildman–Crippen LogP) is 3.13. The van der Waals surface area contributed by atoms with Crippen LogP contribution in [-0.4, -0.2) is 72.2 Å². The van der Waals surface area contributed by atoms with Crippen LogP contribution in [0.2, 0.25) is 0 Å². The summed E-state index contributed by atoms with van der Waals surface area (Å²) in [6.45, 7) is 1.10. The molecule has 210 valence electrons. The van der Waals surface area contributed by atoms with Gasteiger partial charge in [-0.25, -0.2) is 0 Å². The molecule has 1 aromatic carbocycles. The van der Waals surface area contributed by atoms with Crippen LogP contribution >= 0.6 is 0 Å². The van der Waals surface area contributed by atoms with E-state index in [1.807, 2.05) is 7.11 Å². The van der Waals surface area contributed by atoms with E-state index in [1.165, 1.54) is 49.8 Å². The van der Waals surface area contributed by atoms with E-state index in [0.717, 1.165) is 54.2 Å². The number of oxime groups is 1. The number of rotatable bonds is 8. The first-order valence-corrected chi connectivity index (χ1v) is 14.7. The number of anilines is 1. The number of aliphatic hydroxyl groups excluding tert-OH is 2. The van der Waals surface area contributed by atoms with Crippen LogP contribution in [0.3, 0.4) is 0 Å². The Labute approximate surface area is 231 Å². The monoisotopic (exact) mass is 534 g/mol. The zero-order valence-electron chi connectivity index (χ0n) is 23.0. The lowest BCUT2D eigenvalue weighted by molar-refractivity contribution is -0.171. The Kier molecular flexibility index (Phi) is 6.12. The van der Waals surface area contributed by atoms with E-state index in [-0.39, 0.29) is 24.2 Å². The number of aliphatic hydroxyl groups is 2. The standard InChI is InChI=1S/C31H42N4O4/c1-38-31(29-13-21-9-22(14-29)11-23(10-21)15-29)7-2-3-26(16-31)35-20-39-33-28(35)25-4-5-27-24(12-25)6-8-34(27)17-30(32,18-36)19-37/h2-5,7,12,21-23,36-37H,6,8-11,13-20,32H2,1H3. The highest BCUT2D eigenvalue weighted by Gasteiger charge is 2.60. The molecule has 39 heavy (non-hydrogen) atoms. The minimum atomic E-state index is -1.02. The van der Waals surface area contributed by atoms with Crippen molar-refractivity contribution in [2.24, 2.45) is 34.1 Å². The molecule has 1 aromatic rings. The third-order valence-electron chi connectivity index (χ3n) is 10.8. The van der Waals surface area contributed by atoms with E-state index < -0.39 is 5.54 Å². The van der Waals surface area contributed by atoms with E-state index in [2.05, 4.69) is 51.4 Å². The first-order chi connectivity index (χ1) is 18.9. The summed E-state index contributed by atoms with van der Waals surface area (Å²) in [7, 11) is 1.91. The van der Waals surface area contributed by atoms with Crippen molar-refractivity contribution in [3.8, 4) is 0 Å². The SMILES string of the molecule is COC1(C23CC4CC(CC(C4)C2)C3)C=CC=C(N2CON=C2c2ccc3c(c2)CCN3CC(N)(CO)CO)C1. The Morgan fingerprint density at radius 2 is 1.85 bits per heavy atom. The topological polar surface area (TPSA) is 104 Å². The number of benzene rings is 1. The van der Waals surface area contributed by atoms with Crippen LogP contribution < -0.4 is 10.6 Å². The van der Waals surface area contributed by atoms with Crippen LogP contribution in [0.15, 0.2) is 47.3 Å².